The second-order valence-corrected chi connectivity index (χ2v) is 4.81. The summed E-state index contributed by atoms with van der Waals surface area (Å²) in [5.74, 6) is 0.598. The fourth-order valence-electron chi connectivity index (χ4n) is 0.977. The van der Waals surface area contributed by atoms with Crippen molar-refractivity contribution in [3.63, 3.8) is 0 Å². The van der Waals surface area contributed by atoms with Crippen LogP contribution >= 0.6 is 0 Å². The Hall–Kier alpha value is -0.940. The van der Waals surface area contributed by atoms with E-state index in [0.717, 1.165) is 6.54 Å². The zero-order chi connectivity index (χ0) is 10.6. The van der Waals surface area contributed by atoms with Gasteiger partial charge in [-0.1, -0.05) is 0 Å². The summed E-state index contributed by atoms with van der Waals surface area (Å²) < 4.78 is 11.7. The number of nitrogens with zero attached hydrogens (tertiary/aromatic N) is 2. The lowest BCUT2D eigenvalue weighted by Gasteiger charge is -2.09. The van der Waals surface area contributed by atoms with Gasteiger partial charge in [-0.2, -0.15) is 0 Å². The minimum atomic E-state index is -1.02. The van der Waals surface area contributed by atoms with E-state index in [2.05, 4.69) is 4.98 Å². The van der Waals surface area contributed by atoms with E-state index in [4.69, 9.17) is 5.73 Å². The van der Waals surface area contributed by atoms with Crippen LogP contribution < -0.4 is 5.73 Å². The van der Waals surface area contributed by atoms with Gasteiger partial charge in [0.15, 0.2) is 0 Å². The first-order valence-corrected chi connectivity index (χ1v) is 5.65. The first kappa shape index (κ1) is 11.1. The van der Waals surface area contributed by atoms with E-state index in [-0.39, 0.29) is 0 Å². The molecule has 0 saturated carbocycles. The zero-order valence-corrected chi connectivity index (χ0v) is 9.25. The third-order valence-corrected chi connectivity index (χ3v) is 3.20. The van der Waals surface area contributed by atoms with Crippen LogP contribution in [0.15, 0.2) is 23.4 Å². The molecule has 5 heteroatoms. The summed E-state index contributed by atoms with van der Waals surface area (Å²) in [6.45, 7) is 0.786. The van der Waals surface area contributed by atoms with E-state index in [0.29, 0.717) is 16.3 Å². The highest BCUT2D eigenvalue weighted by Crippen LogP contribution is 2.13. The second kappa shape index (κ2) is 5.07. The maximum Gasteiger partial charge on any atom is 0.0664 e. The van der Waals surface area contributed by atoms with Crippen LogP contribution in [0.1, 0.15) is 0 Å². The molecule has 0 aliphatic rings. The minimum Gasteiger partial charge on any atom is -0.396 e. The molecule has 0 spiro atoms. The largest absolute Gasteiger partial charge is 0.396 e. The summed E-state index contributed by atoms with van der Waals surface area (Å²) in [5, 5.41) is 0. The van der Waals surface area contributed by atoms with Crippen LogP contribution in [0.3, 0.4) is 0 Å². The molecular formula is C9H15N3OS. The van der Waals surface area contributed by atoms with Crippen molar-refractivity contribution in [2.45, 2.75) is 4.90 Å². The summed E-state index contributed by atoms with van der Waals surface area (Å²) in [6, 6.07) is 1.71. The number of aromatic nitrogens is 1. The van der Waals surface area contributed by atoms with E-state index in [1.807, 2.05) is 19.0 Å². The lowest BCUT2D eigenvalue weighted by Crippen LogP contribution is -2.19. The maximum atomic E-state index is 11.7. The molecule has 14 heavy (non-hydrogen) atoms. The molecule has 78 valence electrons. The Morgan fingerprint density at radius 3 is 2.86 bits per heavy atom. The van der Waals surface area contributed by atoms with Gasteiger partial charge in [-0.05, 0) is 20.2 Å². The molecule has 0 bridgehead atoms. The predicted octanol–water partition coefficient (Wildman–Crippen LogP) is 0.333. The molecule has 0 fully saturated rings. The molecule has 0 aliphatic carbocycles. The highest BCUT2D eigenvalue weighted by molar-refractivity contribution is 7.85. The normalized spacial score (nSPS) is 13.1. The van der Waals surface area contributed by atoms with E-state index in [9.17, 15) is 4.21 Å². The van der Waals surface area contributed by atoms with Gasteiger partial charge in [-0.3, -0.25) is 9.19 Å². The summed E-state index contributed by atoms with van der Waals surface area (Å²) >= 11 is 0. The molecular weight excluding hydrogens is 198 g/mol. The first-order valence-electron chi connectivity index (χ1n) is 4.34. The molecule has 0 radical (unpaired) electrons. The van der Waals surface area contributed by atoms with Gasteiger partial charge >= 0.3 is 0 Å². The van der Waals surface area contributed by atoms with Crippen LogP contribution in [0.2, 0.25) is 0 Å². The number of nitrogens with two attached hydrogens (primary N) is 1. The topological polar surface area (TPSA) is 59.2 Å². The summed E-state index contributed by atoms with van der Waals surface area (Å²) in [4.78, 5) is 6.53. The van der Waals surface area contributed by atoms with Gasteiger partial charge in [0.2, 0.25) is 0 Å². The van der Waals surface area contributed by atoms with Crippen molar-refractivity contribution in [1.82, 2.24) is 9.88 Å². The zero-order valence-electron chi connectivity index (χ0n) is 8.43. The fourth-order valence-corrected chi connectivity index (χ4v) is 2.26. The standard InChI is InChI=1S/C9H15N3OS/c1-12(2)5-6-14(13)9-3-4-11-7-8(9)10/h3-4,7H,5-6,10H2,1-2H3. The fraction of sp³-hybridized carbons (Fsp3) is 0.444. The van der Waals surface area contributed by atoms with Crippen molar-refractivity contribution in [1.29, 1.82) is 0 Å². The molecule has 0 amide bonds. The summed E-state index contributed by atoms with van der Waals surface area (Å²) in [7, 11) is 2.88. The van der Waals surface area contributed by atoms with Gasteiger partial charge in [0.25, 0.3) is 0 Å². The smallest absolute Gasteiger partial charge is 0.0664 e. The number of hydrogen-bond acceptors (Lipinski definition) is 4. The molecule has 1 heterocycles. The Labute approximate surface area is 86.6 Å². The van der Waals surface area contributed by atoms with Crippen molar-refractivity contribution < 1.29 is 4.21 Å². The van der Waals surface area contributed by atoms with Crippen LogP contribution in [0.5, 0.6) is 0 Å². The van der Waals surface area contributed by atoms with E-state index in [1.165, 1.54) is 6.20 Å². The highest BCUT2D eigenvalue weighted by Gasteiger charge is 2.07. The predicted molar refractivity (Wildman–Crippen MR) is 58.5 cm³/mol. The van der Waals surface area contributed by atoms with Gasteiger partial charge in [0, 0.05) is 18.5 Å². The van der Waals surface area contributed by atoms with E-state index >= 15 is 0 Å². The minimum absolute atomic E-state index is 0.504. The average molecular weight is 213 g/mol. The van der Waals surface area contributed by atoms with Gasteiger partial charge in [-0.25, -0.2) is 0 Å². The monoisotopic (exact) mass is 213 g/mol. The van der Waals surface area contributed by atoms with Gasteiger partial charge in [0.1, 0.15) is 0 Å². The first-order chi connectivity index (χ1) is 6.61. The number of rotatable bonds is 4. The Morgan fingerprint density at radius 2 is 2.29 bits per heavy atom. The van der Waals surface area contributed by atoms with E-state index < -0.39 is 10.8 Å². The highest BCUT2D eigenvalue weighted by atomic mass is 32.2. The Balaban J connectivity index is 2.65. The molecule has 1 unspecified atom stereocenters. The second-order valence-electron chi connectivity index (χ2n) is 3.27. The SMILES string of the molecule is CN(C)CCS(=O)c1ccncc1N. The number of hydrogen-bond donors (Lipinski definition) is 1. The van der Waals surface area contributed by atoms with Gasteiger partial charge in [-0.15, -0.1) is 0 Å². The van der Waals surface area contributed by atoms with E-state index in [1.54, 1.807) is 12.3 Å². The van der Waals surface area contributed by atoms with Crippen molar-refractivity contribution >= 4 is 16.5 Å². The lowest BCUT2D eigenvalue weighted by molar-refractivity contribution is 0.435. The molecule has 0 aliphatic heterocycles. The van der Waals surface area contributed by atoms with Crippen LogP contribution in [0, 0.1) is 0 Å². The lowest BCUT2D eigenvalue weighted by atomic mass is 10.4. The third kappa shape index (κ3) is 3.08. The third-order valence-electron chi connectivity index (χ3n) is 1.78. The Bertz CT molecular complexity index is 328. The Kier molecular flexibility index (Phi) is 4.03. The molecule has 1 rings (SSSR count). The van der Waals surface area contributed by atoms with Crippen molar-refractivity contribution in [2.24, 2.45) is 0 Å². The van der Waals surface area contributed by atoms with Crippen LogP contribution in [0.25, 0.3) is 0 Å². The van der Waals surface area contributed by atoms with Crippen molar-refractivity contribution in [3.05, 3.63) is 18.5 Å². The Morgan fingerprint density at radius 1 is 1.57 bits per heavy atom. The number of pyridine rings is 1. The average Bonchev–Trinajstić information content (AvgIpc) is 2.15. The molecule has 0 aromatic carbocycles. The summed E-state index contributed by atoms with van der Waals surface area (Å²) in [6.07, 6.45) is 3.14. The number of nitrogen functional groups attached to an aromatic ring is 1. The molecule has 1 aromatic heterocycles. The van der Waals surface area contributed by atoms with Gasteiger partial charge < -0.3 is 10.6 Å². The molecule has 4 nitrogen and oxygen atoms in total. The quantitative estimate of drug-likeness (QED) is 0.783. The van der Waals surface area contributed by atoms with Gasteiger partial charge in [0.05, 0.1) is 27.6 Å². The summed E-state index contributed by atoms with van der Waals surface area (Å²) in [5.41, 5.74) is 6.16. The maximum absolute atomic E-state index is 11.7. The molecule has 2 N–H and O–H groups in total. The molecule has 0 saturated heterocycles. The van der Waals surface area contributed by atoms with Crippen molar-refractivity contribution in [3.8, 4) is 0 Å². The molecule has 1 aromatic rings. The van der Waals surface area contributed by atoms with Crippen LogP contribution in [-0.4, -0.2) is 40.5 Å². The van der Waals surface area contributed by atoms with Crippen molar-refractivity contribution in [2.75, 3.05) is 32.1 Å². The van der Waals surface area contributed by atoms with Crippen LogP contribution in [0.4, 0.5) is 5.69 Å². The number of anilines is 1. The van der Waals surface area contributed by atoms with Crippen LogP contribution in [-0.2, 0) is 10.8 Å². The molecule has 1 atom stereocenters.